The van der Waals surface area contributed by atoms with Crippen molar-refractivity contribution in [2.75, 3.05) is 5.32 Å². The molecule has 134 valence electrons. The highest BCUT2D eigenvalue weighted by molar-refractivity contribution is 6.31. The van der Waals surface area contributed by atoms with E-state index < -0.39 is 11.2 Å². The molecule has 26 heavy (non-hydrogen) atoms. The summed E-state index contributed by atoms with van der Waals surface area (Å²) >= 11 is 6.09. The summed E-state index contributed by atoms with van der Waals surface area (Å²) in [5, 5.41) is 3.61. The van der Waals surface area contributed by atoms with Crippen LogP contribution < -0.4 is 16.6 Å². The third-order valence-corrected chi connectivity index (χ3v) is 4.52. The number of nitrogens with one attached hydrogen (secondary N) is 1. The maximum absolute atomic E-state index is 12.3. The van der Waals surface area contributed by atoms with Crippen LogP contribution >= 0.6 is 11.6 Å². The molecule has 0 saturated heterocycles. The second kappa shape index (κ2) is 7.13. The second-order valence-electron chi connectivity index (χ2n) is 5.94. The average Bonchev–Trinajstić information content (AvgIpc) is 2.64. The Bertz CT molecular complexity index is 1120. The van der Waals surface area contributed by atoms with Crippen LogP contribution in [0.4, 0.5) is 5.69 Å². The van der Waals surface area contributed by atoms with Gasteiger partial charge in [-0.2, -0.15) is 0 Å². The van der Waals surface area contributed by atoms with E-state index in [0.717, 1.165) is 10.1 Å². The molecule has 0 aliphatic rings. The number of aryl methyl sites for hydroxylation is 2. The van der Waals surface area contributed by atoms with E-state index in [1.807, 2.05) is 18.2 Å². The van der Waals surface area contributed by atoms with Gasteiger partial charge >= 0.3 is 5.69 Å². The molecule has 0 aliphatic carbocycles. The van der Waals surface area contributed by atoms with Gasteiger partial charge in [-0.3, -0.25) is 18.7 Å². The number of carbonyl (C=O) groups excluding carboxylic acids is 1. The van der Waals surface area contributed by atoms with Gasteiger partial charge in [0, 0.05) is 25.5 Å². The van der Waals surface area contributed by atoms with Crippen LogP contribution in [0.3, 0.4) is 0 Å². The molecule has 0 fully saturated rings. The maximum atomic E-state index is 12.3. The standard InChI is InChI=1S/C18H17ClN4O3/c1-22-16-13(17(25)23(2)18(22)26)9-12(10-20-16)21-15(24)8-7-11-5-3-4-6-14(11)19/h3-6,9-10H,7-8H2,1-2H3,(H,21,24). The van der Waals surface area contributed by atoms with E-state index in [1.54, 1.807) is 13.1 Å². The van der Waals surface area contributed by atoms with E-state index in [4.69, 9.17) is 11.6 Å². The smallest absolute Gasteiger partial charge is 0.325 e. The number of halogens is 1. The lowest BCUT2D eigenvalue weighted by atomic mass is 10.1. The van der Waals surface area contributed by atoms with Crippen LogP contribution in [0.2, 0.25) is 5.02 Å². The number of rotatable bonds is 4. The number of carbonyl (C=O) groups is 1. The van der Waals surface area contributed by atoms with Gasteiger partial charge in [-0.05, 0) is 24.1 Å². The van der Waals surface area contributed by atoms with Gasteiger partial charge in [0.2, 0.25) is 5.91 Å². The molecule has 0 unspecified atom stereocenters. The number of benzene rings is 1. The summed E-state index contributed by atoms with van der Waals surface area (Å²) in [5.74, 6) is -0.215. The topological polar surface area (TPSA) is 86.0 Å². The lowest BCUT2D eigenvalue weighted by molar-refractivity contribution is -0.116. The molecular weight excluding hydrogens is 356 g/mol. The number of aromatic nitrogens is 3. The summed E-state index contributed by atoms with van der Waals surface area (Å²) in [7, 11) is 2.94. The Hall–Kier alpha value is -2.93. The summed E-state index contributed by atoms with van der Waals surface area (Å²) in [6.45, 7) is 0. The van der Waals surface area contributed by atoms with Crippen molar-refractivity contribution in [1.82, 2.24) is 14.1 Å². The fraction of sp³-hybridized carbons (Fsp3) is 0.222. The van der Waals surface area contributed by atoms with Gasteiger partial charge in [-0.1, -0.05) is 29.8 Å². The molecule has 1 N–H and O–H groups in total. The molecule has 8 heteroatoms. The van der Waals surface area contributed by atoms with Crippen LogP contribution in [-0.4, -0.2) is 20.0 Å². The van der Waals surface area contributed by atoms with Crippen LogP contribution in [0.5, 0.6) is 0 Å². The molecule has 7 nitrogen and oxygen atoms in total. The summed E-state index contributed by atoms with van der Waals surface area (Å²) in [4.78, 5) is 40.5. The molecule has 1 amide bonds. The van der Waals surface area contributed by atoms with E-state index in [9.17, 15) is 14.4 Å². The fourth-order valence-electron chi connectivity index (χ4n) is 2.71. The van der Waals surface area contributed by atoms with Crippen molar-refractivity contribution in [3.05, 3.63) is 68.0 Å². The van der Waals surface area contributed by atoms with Gasteiger partial charge in [-0.25, -0.2) is 9.78 Å². The summed E-state index contributed by atoms with van der Waals surface area (Å²) in [5.41, 5.74) is 0.656. The van der Waals surface area contributed by atoms with Gasteiger partial charge < -0.3 is 5.32 Å². The van der Waals surface area contributed by atoms with Crippen molar-refractivity contribution in [2.45, 2.75) is 12.8 Å². The fourth-order valence-corrected chi connectivity index (χ4v) is 2.94. The first-order valence-corrected chi connectivity index (χ1v) is 8.35. The van der Waals surface area contributed by atoms with Crippen molar-refractivity contribution in [1.29, 1.82) is 0 Å². The van der Waals surface area contributed by atoms with Gasteiger partial charge in [0.15, 0.2) is 0 Å². The Labute approximate surface area is 153 Å². The van der Waals surface area contributed by atoms with E-state index in [2.05, 4.69) is 10.3 Å². The maximum Gasteiger partial charge on any atom is 0.332 e. The normalized spacial score (nSPS) is 10.9. The first-order chi connectivity index (χ1) is 12.4. The zero-order valence-corrected chi connectivity index (χ0v) is 15.1. The quantitative estimate of drug-likeness (QED) is 0.757. The Morgan fingerprint density at radius 3 is 2.65 bits per heavy atom. The largest absolute Gasteiger partial charge is 0.332 e. The molecule has 2 heterocycles. The molecule has 0 atom stereocenters. The van der Waals surface area contributed by atoms with E-state index in [-0.39, 0.29) is 23.4 Å². The Morgan fingerprint density at radius 2 is 1.92 bits per heavy atom. The van der Waals surface area contributed by atoms with E-state index in [1.165, 1.54) is 23.9 Å². The minimum absolute atomic E-state index is 0.215. The Balaban J connectivity index is 1.81. The van der Waals surface area contributed by atoms with Crippen LogP contribution in [0.25, 0.3) is 11.0 Å². The van der Waals surface area contributed by atoms with Crippen LogP contribution in [0.15, 0.2) is 46.1 Å². The average molecular weight is 373 g/mol. The van der Waals surface area contributed by atoms with Crippen molar-refractivity contribution in [3.8, 4) is 0 Å². The third-order valence-electron chi connectivity index (χ3n) is 4.16. The zero-order valence-electron chi connectivity index (χ0n) is 14.3. The summed E-state index contributed by atoms with van der Waals surface area (Å²) < 4.78 is 2.30. The first kappa shape index (κ1) is 17.9. The minimum atomic E-state index is -0.456. The van der Waals surface area contributed by atoms with Crippen molar-refractivity contribution >= 4 is 34.2 Å². The predicted octanol–water partition coefficient (Wildman–Crippen LogP) is 1.86. The van der Waals surface area contributed by atoms with Gasteiger partial charge in [0.05, 0.1) is 17.3 Å². The monoisotopic (exact) mass is 372 g/mol. The van der Waals surface area contributed by atoms with Crippen LogP contribution in [-0.2, 0) is 25.3 Å². The number of hydrogen-bond acceptors (Lipinski definition) is 4. The third kappa shape index (κ3) is 3.39. The molecule has 0 saturated carbocycles. The Morgan fingerprint density at radius 1 is 1.19 bits per heavy atom. The molecule has 2 aromatic heterocycles. The number of hydrogen-bond donors (Lipinski definition) is 1. The molecule has 3 aromatic rings. The number of nitrogens with zero attached hydrogens (tertiary/aromatic N) is 3. The highest BCUT2D eigenvalue weighted by Gasteiger charge is 2.12. The van der Waals surface area contributed by atoms with Gasteiger partial charge in [0.25, 0.3) is 5.56 Å². The minimum Gasteiger partial charge on any atom is -0.325 e. The number of fused-ring (bicyclic) bond motifs is 1. The lowest BCUT2D eigenvalue weighted by Gasteiger charge is -2.09. The molecule has 1 aromatic carbocycles. The van der Waals surface area contributed by atoms with Crippen molar-refractivity contribution < 1.29 is 4.79 Å². The zero-order chi connectivity index (χ0) is 18.8. The molecule has 3 rings (SSSR count). The number of amides is 1. The molecule has 0 radical (unpaired) electrons. The molecule has 0 spiro atoms. The van der Waals surface area contributed by atoms with E-state index >= 15 is 0 Å². The molecule has 0 bridgehead atoms. The number of pyridine rings is 1. The SMILES string of the molecule is Cn1c(=O)c2cc(NC(=O)CCc3ccccc3Cl)cnc2n(C)c1=O. The predicted molar refractivity (Wildman–Crippen MR) is 101 cm³/mol. The van der Waals surface area contributed by atoms with E-state index in [0.29, 0.717) is 17.1 Å². The van der Waals surface area contributed by atoms with Crippen molar-refractivity contribution in [3.63, 3.8) is 0 Å². The first-order valence-electron chi connectivity index (χ1n) is 7.97. The van der Waals surface area contributed by atoms with Gasteiger partial charge in [0.1, 0.15) is 5.65 Å². The van der Waals surface area contributed by atoms with Crippen LogP contribution in [0, 0.1) is 0 Å². The second-order valence-corrected chi connectivity index (χ2v) is 6.35. The highest BCUT2D eigenvalue weighted by atomic mass is 35.5. The summed E-state index contributed by atoms with van der Waals surface area (Å²) in [6.07, 6.45) is 2.17. The molecular formula is C18H17ClN4O3. The van der Waals surface area contributed by atoms with Gasteiger partial charge in [-0.15, -0.1) is 0 Å². The Kier molecular flexibility index (Phi) is 4.90. The van der Waals surface area contributed by atoms with Crippen molar-refractivity contribution in [2.24, 2.45) is 14.1 Å². The highest BCUT2D eigenvalue weighted by Crippen LogP contribution is 2.17. The number of anilines is 1. The molecule has 0 aliphatic heterocycles. The lowest BCUT2D eigenvalue weighted by Crippen LogP contribution is -2.37. The summed E-state index contributed by atoms with van der Waals surface area (Å²) in [6, 6.07) is 8.88. The van der Waals surface area contributed by atoms with Crippen LogP contribution in [0.1, 0.15) is 12.0 Å².